The van der Waals surface area contributed by atoms with Crippen LogP contribution in [0.3, 0.4) is 0 Å². The lowest BCUT2D eigenvalue weighted by atomic mass is 9.91. The minimum absolute atomic E-state index is 0.103. The maximum Gasteiger partial charge on any atom is 0.337 e. The predicted molar refractivity (Wildman–Crippen MR) is 137 cm³/mol. The molecule has 1 aliphatic rings. The van der Waals surface area contributed by atoms with Crippen molar-refractivity contribution in [3.8, 4) is 0 Å². The third-order valence-electron chi connectivity index (χ3n) is 5.87. The first kappa shape index (κ1) is 25.5. The maximum absolute atomic E-state index is 12.4. The monoisotopic (exact) mass is 473 g/mol. The first-order valence-corrected chi connectivity index (χ1v) is 11.6. The van der Waals surface area contributed by atoms with Crippen molar-refractivity contribution >= 4 is 29.2 Å². The lowest BCUT2D eigenvalue weighted by Gasteiger charge is -2.40. The van der Waals surface area contributed by atoms with Crippen LogP contribution in [0.2, 0.25) is 0 Å². The molecular weight excluding hydrogens is 442 g/mol. The molecule has 3 aromatic carbocycles. The van der Waals surface area contributed by atoms with E-state index < -0.39 is 5.91 Å². The van der Waals surface area contributed by atoms with Gasteiger partial charge in [0.05, 0.1) is 18.7 Å². The standard InChI is InChI=1S/C20H23N3O2.C8H8O2/c1-3-19(24)23-13(2)12-17(16-6-4-5-7-18(16)23)22-15-10-8-14(9-11-15)20(21)25;1-10-8(9)7-5-3-2-4-6-7/h4-11,13,17,22H,3,12H2,1-2H3,(H2,21,25);2-6H,1H3/t13-,17+;/m0./s1. The van der Waals surface area contributed by atoms with Gasteiger partial charge in [0.15, 0.2) is 0 Å². The number of nitrogens with zero attached hydrogens (tertiary/aromatic N) is 1. The number of nitrogens with one attached hydrogen (secondary N) is 1. The van der Waals surface area contributed by atoms with E-state index in [0.29, 0.717) is 17.5 Å². The van der Waals surface area contributed by atoms with Gasteiger partial charge in [-0.2, -0.15) is 0 Å². The van der Waals surface area contributed by atoms with E-state index >= 15 is 0 Å². The fraction of sp³-hybridized carbons (Fsp3) is 0.250. The summed E-state index contributed by atoms with van der Waals surface area (Å²) in [6.45, 7) is 3.97. The molecule has 0 saturated heterocycles. The number of benzene rings is 3. The van der Waals surface area contributed by atoms with Gasteiger partial charge in [-0.25, -0.2) is 4.79 Å². The van der Waals surface area contributed by atoms with Gasteiger partial charge < -0.3 is 20.7 Å². The molecule has 7 nitrogen and oxygen atoms in total. The number of carbonyl (C=O) groups excluding carboxylic acids is 3. The fourth-order valence-corrected chi connectivity index (χ4v) is 4.12. The summed E-state index contributed by atoms with van der Waals surface area (Å²) in [4.78, 5) is 36.3. The van der Waals surface area contributed by atoms with Crippen LogP contribution in [0.5, 0.6) is 0 Å². The Labute approximate surface area is 205 Å². The van der Waals surface area contributed by atoms with Crippen LogP contribution in [0, 0.1) is 0 Å². The molecular formula is C28H31N3O4. The van der Waals surface area contributed by atoms with E-state index in [2.05, 4.69) is 23.0 Å². The van der Waals surface area contributed by atoms with Crippen molar-refractivity contribution in [2.24, 2.45) is 5.73 Å². The zero-order valence-electron chi connectivity index (χ0n) is 20.2. The van der Waals surface area contributed by atoms with E-state index in [9.17, 15) is 14.4 Å². The first-order valence-electron chi connectivity index (χ1n) is 11.6. The molecule has 7 heteroatoms. The van der Waals surface area contributed by atoms with Gasteiger partial charge in [-0.15, -0.1) is 0 Å². The number of nitrogens with two attached hydrogens (primary N) is 1. The van der Waals surface area contributed by atoms with E-state index in [1.165, 1.54) is 7.11 Å². The maximum atomic E-state index is 12.4. The van der Waals surface area contributed by atoms with Crippen molar-refractivity contribution < 1.29 is 19.1 Å². The number of ether oxygens (including phenoxy) is 1. The second-order valence-electron chi connectivity index (χ2n) is 8.26. The highest BCUT2D eigenvalue weighted by Gasteiger charge is 2.32. The van der Waals surface area contributed by atoms with Crippen LogP contribution in [-0.4, -0.2) is 30.9 Å². The summed E-state index contributed by atoms with van der Waals surface area (Å²) in [5.74, 6) is -0.582. The van der Waals surface area contributed by atoms with E-state index in [1.807, 2.05) is 48.2 Å². The minimum atomic E-state index is -0.433. The molecule has 0 aliphatic carbocycles. The number of hydrogen-bond donors (Lipinski definition) is 2. The number of carbonyl (C=O) groups is 3. The third-order valence-corrected chi connectivity index (χ3v) is 5.87. The normalized spacial score (nSPS) is 16.3. The summed E-state index contributed by atoms with van der Waals surface area (Å²) >= 11 is 0. The number of fused-ring (bicyclic) bond motifs is 1. The third kappa shape index (κ3) is 6.26. The second-order valence-corrected chi connectivity index (χ2v) is 8.26. The molecule has 0 unspecified atom stereocenters. The van der Waals surface area contributed by atoms with Gasteiger partial charge in [-0.05, 0) is 61.4 Å². The average molecular weight is 474 g/mol. The smallest absolute Gasteiger partial charge is 0.337 e. The summed E-state index contributed by atoms with van der Waals surface area (Å²) in [6, 6.07) is 24.3. The molecule has 2 atom stereocenters. The highest BCUT2D eigenvalue weighted by molar-refractivity contribution is 5.95. The molecule has 35 heavy (non-hydrogen) atoms. The van der Waals surface area contributed by atoms with Crippen molar-refractivity contribution in [3.63, 3.8) is 0 Å². The molecule has 182 valence electrons. The molecule has 1 aliphatic heterocycles. The zero-order valence-corrected chi connectivity index (χ0v) is 20.2. The van der Waals surface area contributed by atoms with Crippen LogP contribution in [0.4, 0.5) is 11.4 Å². The van der Waals surface area contributed by atoms with Crippen LogP contribution >= 0.6 is 0 Å². The van der Waals surface area contributed by atoms with Crippen molar-refractivity contribution in [3.05, 3.63) is 95.6 Å². The Hall–Kier alpha value is -4.13. The molecule has 3 aromatic rings. The number of anilines is 2. The molecule has 0 radical (unpaired) electrons. The predicted octanol–water partition coefficient (Wildman–Crippen LogP) is 4.95. The summed E-state index contributed by atoms with van der Waals surface area (Å²) in [5, 5.41) is 3.52. The van der Waals surface area contributed by atoms with Crippen molar-refractivity contribution in [2.45, 2.75) is 38.8 Å². The number of amides is 2. The molecule has 3 N–H and O–H groups in total. The van der Waals surface area contributed by atoms with Gasteiger partial charge in [0.2, 0.25) is 11.8 Å². The number of esters is 1. The average Bonchev–Trinajstić information content (AvgIpc) is 2.89. The van der Waals surface area contributed by atoms with Gasteiger partial charge in [0.25, 0.3) is 0 Å². The fourth-order valence-electron chi connectivity index (χ4n) is 4.12. The molecule has 0 spiro atoms. The Kier molecular flexibility index (Phi) is 8.62. The van der Waals surface area contributed by atoms with Crippen LogP contribution in [0.25, 0.3) is 0 Å². The largest absolute Gasteiger partial charge is 0.465 e. The Morgan fingerprint density at radius 2 is 1.57 bits per heavy atom. The highest BCUT2D eigenvalue weighted by atomic mass is 16.5. The lowest BCUT2D eigenvalue weighted by molar-refractivity contribution is -0.118. The van der Waals surface area contributed by atoms with Crippen LogP contribution in [0.15, 0.2) is 78.9 Å². The second kappa shape index (κ2) is 11.8. The Bertz CT molecular complexity index is 1160. The van der Waals surface area contributed by atoms with E-state index in [4.69, 9.17) is 5.73 Å². The van der Waals surface area contributed by atoms with E-state index in [0.717, 1.165) is 23.4 Å². The first-order chi connectivity index (χ1) is 16.8. The van der Waals surface area contributed by atoms with Gasteiger partial charge >= 0.3 is 5.97 Å². The molecule has 4 rings (SSSR count). The number of hydrogen-bond acceptors (Lipinski definition) is 5. The number of para-hydroxylation sites is 1. The van der Waals surface area contributed by atoms with Crippen LogP contribution in [0.1, 0.15) is 59.0 Å². The molecule has 0 fully saturated rings. The molecule has 0 saturated carbocycles. The van der Waals surface area contributed by atoms with Crippen LogP contribution < -0.4 is 16.0 Å². The Morgan fingerprint density at radius 1 is 0.943 bits per heavy atom. The van der Waals surface area contributed by atoms with Gasteiger partial charge in [-0.1, -0.05) is 43.3 Å². The van der Waals surface area contributed by atoms with Crippen molar-refractivity contribution in [1.29, 1.82) is 0 Å². The molecule has 0 aromatic heterocycles. The van der Waals surface area contributed by atoms with Crippen molar-refractivity contribution in [1.82, 2.24) is 0 Å². The lowest BCUT2D eigenvalue weighted by Crippen LogP contribution is -2.44. The molecule has 1 heterocycles. The topological polar surface area (TPSA) is 102 Å². The van der Waals surface area contributed by atoms with E-state index in [-0.39, 0.29) is 24.0 Å². The number of methoxy groups -OCH3 is 1. The zero-order chi connectivity index (χ0) is 25.4. The summed E-state index contributed by atoms with van der Waals surface area (Å²) in [6.07, 6.45) is 1.31. The van der Waals surface area contributed by atoms with Gasteiger partial charge in [-0.3, -0.25) is 9.59 Å². The van der Waals surface area contributed by atoms with Crippen molar-refractivity contribution in [2.75, 3.05) is 17.3 Å². The Morgan fingerprint density at radius 3 is 2.17 bits per heavy atom. The van der Waals surface area contributed by atoms with Crippen LogP contribution in [-0.2, 0) is 9.53 Å². The molecule has 0 bridgehead atoms. The molecule has 2 amide bonds. The van der Waals surface area contributed by atoms with Gasteiger partial charge in [0, 0.05) is 29.4 Å². The van der Waals surface area contributed by atoms with Gasteiger partial charge in [0.1, 0.15) is 0 Å². The Balaban J connectivity index is 0.000000287. The highest BCUT2D eigenvalue weighted by Crippen LogP contribution is 2.39. The van der Waals surface area contributed by atoms with E-state index in [1.54, 1.807) is 36.4 Å². The summed E-state index contributed by atoms with van der Waals surface area (Å²) in [7, 11) is 1.37. The minimum Gasteiger partial charge on any atom is -0.465 e. The number of primary amides is 1. The number of rotatable bonds is 5. The summed E-state index contributed by atoms with van der Waals surface area (Å²) < 4.78 is 4.50. The quantitative estimate of drug-likeness (QED) is 0.511. The SMILES string of the molecule is CCC(=O)N1c2ccccc2[C@H](Nc2ccc(C(N)=O)cc2)C[C@@H]1C.COC(=O)c1ccccc1. The summed E-state index contributed by atoms with van der Waals surface area (Å²) in [5.41, 5.74) is 9.37.